The van der Waals surface area contributed by atoms with E-state index in [2.05, 4.69) is 19.6 Å². The Bertz CT molecular complexity index is 420. The van der Waals surface area contributed by atoms with Crippen LogP contribution in [0.5, 0.6) is 6.01 Å². The smallest absolute Gasteiger partial charge is 0.371 e. The Morgan fingerprint density at radius 3 is 2.33 bits per heavy atom. The molecule has 1 aromatic heterocycles. The van der Waals surface area contributed by atoms with Crippen molar-refractivity contribution in [3.8, 4) is 6.01 Å². The lowest BCUT2D eigenvalue weighted by atomic mass is 10.4. The lowest BCUT2D eigenvalue weighted by Gasteiger charge is -2.16. The summed E-state index contributed by atoms with van der Waals surface area (Å²) in [6, 6.07) is 1.70. The number of carbonyl (C=O) groups is 1. The van der Waals surface area contributed by atoms with Gasteiger partial charge in [-0.05, 0) is 12.2 Å². The Morgan fingerprint density at radius 1 is 1.22 bits per heavy atom. The van der Waals surface area contributed by atoms with E-state index in [1.54, 1.807) is 17.9 Å². The Kier molecular flexibility index (Phi) is 4.81. The van der Waals surface area contributed by atoms with Crippen molar-refractivity contribution in [1.82, 2.24) is 15.2 Å². The molecule has 0 aliphatic rings. The van der Waals surface area contributed by atoms with Gasteiger partial charge in [0.2, 0.25) is 0 Å². The van der Waals surface area contributed by atoms with Gasteiger partial charge in [0.25, 0.3) is 0 Å². The molecule has 0 radical (unpaired) electrons. The fraction of sp³-hybridized carbons (Fsp3) is 0.500. The van der Waals surface area contributed by atoms with E-state index in [1.807, 2.05) is 14.1 Å². The predicted molar refractivity (Wildman–Crippen MR) is 63.0 cm³/mol. The van der Waals surface area contributed by atoms with E-state index in [1.165, 1.54) is 14.2 Å². The van der Waals surface area contributed by atoms with Crippen LogP contribution in [0.3, 0.4) is 0 Å². The molecule has 8 nitrogen and oxygen atoms in total. The van der Waals surface area contributed by atoms with Gasteiger partial charge in [-0.25, -0.2) is 14.5 Å². The number of carbonyl (C=O) groups excluding carboxylic acids is 1. The number of amides is 1. The standard InChI is InChI=1S/C10H16N4O4/c1-7-6-8(13(2)3)12-9(11-7)18-10(15)14(16-4)17-5/h6H,1-5H3. The minimum absolute atomic E-state index is 0.0669. The molecule has 8 heteroatoms. The average molecular weight is 256 g/mol. The molecule has 0 N–H and O–H groups in total. The van der Waals surface area contributed by atoms with Gasteiger partial charge in [0, 0.05) is 25.9 Å². The zero-order chi connectivity index (χ0) is 13.7. The number of aryl methyl sites for hydroxylation is 1. The summed E-state index contributed by atoms with van der Waals surface area (Å²) in [6.07, 6.45) is -0.865. The lowest BCUT2D eigenvalue weighted by Crippen LogP contribution is -2.32. The van der Waals surface area contributed by atoms with Crippen molar-refractivity contribution in [1.29, 1.82) is 0 Å². The van der Waals surface area contributed by atoms with Crippen LogP contribution in [0.15, 0.2) is 6.07 Å². The highest BCUT2D eigenvalue weighted by molar-refractivity contribution is 5.67. The van der Waals surface area contributed by atoms with E-state index in [-0.39, 0.29) is 6.01 Å². The van der Waals surface area contributed by atoms with E-state index in [0.717, 1.165) is 0 Å². The molecule has 1 heterocycles. The number of rotatable bonds is 4. The van der Waals surface area contributed by atoms with Gasteiger partial charge in [-0.2, -0.15) is 9.97 Å². The highest BCUT2D eigenvalue weighted by atomic mass is 17.0. The maximum atomic E-state index is 11.5. The predicted octanol–water partition coefficient (Wildman–Crippen LogP) is 0.775. The zero-order valence-corrected chi connectivity index (χ0v) is 11.0. The third-order valence-corrected chi connectivity index (χ3v) is 1.94. The van der Waals surface area contributed by atoms with Crippen molar-refractivity contribution >= 4 is 11.9 Å². The lowest BCUT2D eigenvalue weighted by molar-refractivity contribution is -0.305. The third-order valence-electron chi connectivity index (χ3n) is 1.94. The maximum Gasteiger partial charge on any atom is 0.467 e. The van der Waals surface area contributed by atoms with Gasteiger partial charge in [-0.15, -0.1) is 0 Å². The van der Waals surface area contributed by atoms with E-state index in [0.29, 0.717) is 16.7 Å². The topological polar surface area (TPSA) is 77.0 Å². The highest BCUT2D eigenvalue weighted by Crippen LogP contribution is 2.14. The van der Waals surface area contributed by atoms with Crippen molar-refractivity contribution in [2.75, 3.05) is 33.2 Å². The number of anilines is 1. The van der Waals surface area contributed by atoms with Gasteiger partial charge in [0.05, 0.1) is 14.2 Å². The van der Waals surface area contributed by atoms with Gasteiger partial charge in [-0.1, -0.05) is 0 Å². The maximum absolute atomic E-state index is 11.5. The second kappa shape index (κ2) is 6.12. The quantitative estimate of drug-likeness (QED) is 0.736. The van der Waals surface area contributed by atoms with Gasteiger partial charge < -0.3 is 9.64 Å². The van der Waals surface area contributed by atoms with Crippen LogP contribution in [0, 0.1) is 6.92 Å². The van der Waals surface area contributed by atoms with Gasteiger partial charge in [0.1, 0.15) is 5.82 Å². The molecule has 1 aromatic rings. The number of hydrogen-bond donors (Lipinski definition) is 0. The molecular formula is C10H16N4O4. The van der Waals surface area contributed by atoms with E-state index in [4.69, 9.17) is 4.74 Å². The molecule has 0 saturated heterocycles. The summed E-state index contributed by atoms with van der Waals surface area (Å²) < 4.78 is 4.92. The SMILES string of the molecule is CON(OC)C(=O)Oc1nc(C)cc(N(C)C)n1. The van der Waals surface area contributed by atoms with E-state index in [9.17, 15) is 4.79 Å². The third kappa shape index (κ3) is 3.54. The Morgan fingerprint density at radius 2 is 1.83 bits per heavy atom. The molecule has 0 saturated carbocycles. The van der Waals surface area contributed by atoms with Crippen LogP contribution < -0.4 is 9.64 Å². The largest absolute Gasteiger partial charge is 0.467 e. The number of aromatic nitrogens is 2. The molecule has 0 fully saturated rings. The fourth-order valence-corrected chi connectivity index (χ4v) is 1.14. The van der Waals surface area contributed by atoms with Gasteiger partial charge in [-0.3, -0.25) is 0 Å². The summed E-state index contributed by atoms with van der Waals surface area (Å²) in [6.45, 7) is 1.77. The first-order valence-electron chi connectivity index (χ1n) is 5.11. The number of ether oxygens (including phenoxy) is 1. The molecule has 1 rings (SSSR count). The number of hydrogen-bond acceptors (Lipinski definition) is 7. The molecule has 1 amide bonds. The average Bonchev–Trinajstić information content (AvgIpc) is 2.29. The summed E-state index contributed by atoms with van der Waals surface area (Å²) in [5.41, 5.74) is 0.679. The van der Waals surface area contributed by atoms with Gasteiger partial charge >= 0.3 is 12.1 Å². The monoisotopic (exact) mass is 256 g/mol. The second-order valence-corrected chi connectivity index (χ2v) is 3.53. The molecule has 0 unspecified atom stereocenters. The molecular weight excluding hydrogens is 240 g/mol. The molecule has 18 heavy (non-hydrogen) atoms. The summed E-state index contributed by atoms with van der Waals surface area (Å²) in [4.78, 5) is 30.6. The van der Waals surface area contributed by atoms with Crippen LogP contribution in [0.2, 0.25) is 0 Å². The minimum atomic E-state index is -0.865. The van der Waals surface area contributed by atoms with Crippen LogP contribution in [-0.4, -0.2) is 49.6 Å². The summed E-state index contributed by atoms with van der Waals surface area (Å²) in [7, 11) is 6.19. The Labute approximate surface area is 105 Å². The van der Waals surface area contributed by atoms with E-state index < -0.39 is 6.09 Å². The Balaban J connectivity index is 2.87. The van der Waals surface area contributed by atoms with Crippen LogP contribution in [0.25, 0.3) is 0 Å². The van der Waals surface area contributed by atoms with Crippen LogP contribution in [0.4, 0.5) is 10.6 Å². The van der Waals surface area contributed by atoms with E-state index >= 15 is 0 Å². The number of hydroxylamine groups is 2. The highest BCUT2D eigenvalue weighted by Gasteiger charge is 2.18. The summed E-state index contributed by atoms with van der Waals surface area (Å²) in [5.74, 6) is 0.631. The van der Waals surface area contributed by atoms with Crippen molar-refractivity contribution < 1.29 is 19.2 Å². The molecule has 0 bridgehead atoms. The molecule has 0 aromatic carbocycles. The molecule has 0 atom stereocenters. The first-order chi connectivity index (χ1) is 8.47. The zero-order valence-electron chi connectivity index (χ0n) is 11.0. The van der Waals surface area contributed by atoms with Crippen molar-refractivity contribution in [3.63, 3.8) is 0 Å². The van der Waals surface area contributed by atoms with Crippen molar-refractivity contribution in [2.24, 2.45) is 0 Å². The fourth-order valence-electron chi connectivity index (χ4n) is 1.14. The van der Waals surface area contributed by atoms with Crippen LogP contribution in [-0.2, 0) is 9.68 Å². The molecule has 100 valence electrons. The molecule has 0 aliphatic carbocycles. The first-order valence-corrected chi connectivity index (χ1v) is 5.11. The van der Waals surface area contributed by atoms with Crippen molar-refractivity contribution in [3.05, 3.63) is 11.8 Å². The van der Waals surface area contributed by atoms with Crippen LogP contribution in [0.1, 0.15) is 5.69 Å². The normalized spacial score (nSPS) is 10.1. The second-order valence-electron chi connectivity index (χ2n) is 3.53. The summed E-state index contributed by atoms with van der Waals surface area (Å²) in [5, 5.41) is 0.570. The number of nitrogens with zero attached hydrogens (tertiary/aromatic N) is 4. The van der Waals surface area contributed by atoms with Crippen molar-refractivity contribution in [2.45, 2.75) is 6.92 Å². The summed E-state index contributed by atoms with van der Waals surface area (Å²) >= 11 is 0. The first kappa shape index (κ1) is 14.1. The minimum Gasteiger partial charge on any atom is -0.371 e. The molecule has 0 aliphatic heterocycles. The Hall–Kier alpha value is -1.93. The van der Waals surface area contributed by atoms with Crippen LogP contribution >= 0.6 is 0 Å². The van der Waals surface area contributed by atoms with Gasteiger partial charge in [0.15, 0.2) is 0 Å². The molecule has 0 spiro atoms.